The maximum absolute atomic E-state index is 8.70. The lowest BCUT2D eigenvalue weighted by Gasteiger charge is -2.05. The highest BCUT2D eigenvalue weighted by Crippen LogP contribution is 2.11. The minimum Gasteiger partial charge on any atom is -0.475 e. The van der Waals surface area contributed by atoms with Crippen molar-refractivity contribution < 1.29 is 9.47 Å². The van der Waals surface area contributed by atoms with E-state index < -0.39 is 0 Å². The second-order valence-electron chi connectivity index (χ2n) is 2.79. The molecular formula is C10H12N2O2. The van der Waals surface area contributed by atoms with Crippen molar-refractivity contribution in [1.29, 1.82) is 5.26 Å². The molecule has 4 nitrogen and oxygen atoms in total. The van der Waals surface area contributed by atoms with Gasteiger partial charge in [-0.25, -0.2) is 4.98 Å². The highest BCUT2D eigenvalue weighted by atomic mass is 16.5. The Kier molecular flexibility index (Phi) is 3.89. The molecule has 0 radical (unpaired) electrons. The quantitative estimate of drug-likeness (QED) is 0.674. The number of hydrogen-bond acceptors (Lipinski definition) is 4. The summed E-state index contributed by atoms with van der Waals surface area (Å²) >= 11 is 0. The Morgan fingerprint density at radius 3 is 2.86 bits per heavy atom. The third kappa shape index (κ3) is 3.04. The summed E-state index contributed by atoms with van der Waals surface area (Å²) in [5, 5.41) is 8.70. The average Bonchev–Trinajstić information content (AvgIpc) is 2.17. The standard InChI is InChI=1S/C10H12N2O2/c1-8-5-9(7-11)6-10(12-8)14-4-3-13-2/h5-6H,3-4H2,1-2H3. The van der Waals surface area contributed by atoms with Crippen LogP contribution in [0.3, 0.4) is 0 Å². The molecule has 0 unspecified atom stereocenters. The molecule has 0 aliphatic carbocycles. The molecule has 0 atom stereocenters. The Morgan fingerprint density at radius 2 is 2.21 bits per heavy atom. The van der Waals surface area contributed by atoms with Gasteiger partial charge in [0, 0.05) is 18.9 Å². The highest BCUT2D eigenvalue weighted by molar-refractivity contribution is 5.33. The lowest BCUT2D eigenvalue weighted by molar-refractivity contribution is 0.143. The number of nitriles is 1. The average molecular weight is 192 g/mol. The maximum Gasteiger partial charge on any atom is 0.214 e. The van der Waals surface area contributed by atoms with E-state index in [0.29, 0.717) is 24.7 Å². The lowest BCUT2D eigenvalue weighted by Crippen LogP contribution is -2.05. The minimum absolute atomic E-state index is 0.442. The summed E-state index contributed by atoms with van der Waals surface area (Å²) in [6.45, 7) is 2.78. The smallest absolute Gasteiger partial charge is 0.214 e. The van der Waals surface area contributed by atoms with Crippen LogP contribution in [-0.2, 0) is 4.74 Å². The van der Waals surface area contributed by atoms with Gasteiger partial charge in [0.25, 0.3) is 0 Å². The van der Waals surface area contributed by atoms with E-state index in [4.69, 9.17) is 14.7 Å². The number of rotatable bonds is 4. The van der Waals surface area contributed by atoms with Crippen LogP contribution in [0.5, 0.6) is 5.88 Å². The van der Waals surface area contributed by atoms with Crippen molar-refractivity contribution >= 4 is 0 Å². The van der Waals surface area contributed by atoms with Crippen LogP contribution in [0, 0.1) is 18.3 Å². The predicted molar refractivity (Wildman–Crippen MR) is 51.1 cm³/mol. The second-order valence-corrected chi connectivity index (χ2v) is 2.79. The van der Waals surface area contributed by atoms with Gasteiger partial charge in [0.15, 0.2) is 0 Å². The number of nitrogens with zero attached hydrogens (tertiary/aromatic N) is 2. The van der Waals surface area contributed by atoms with Gasteiger partial charge in [0.1, 0.15) is 6.61 Å². The van der Waals surface area contributed by atoms with Gasteiger partial charge in [-0.3, -0.25) is 0 Å². The molecule has 14 heavy (non-hydrogen) atoms. The first-order valence-electron chi connectivity index (χ1n) is 4.27. The van der Waals surface area contributed by atoms with Crippen LogP contribution in [0.1, 0.15) is 11.3 Å². The van der Waals surface area contributed by atoms with Gasteiger partial charge in [-0.15, -0.1) is 0 Å². The number of aryl methyl sites for hydroxylation is 1. The van der Waals surface area contributed by atoms with Crippen molar-refractivity contribution in [3.63, 3.8) is 0 Å². The molecule has 1 heterocycles. The molecule has 0 N–H and O–H groups in total. The van der Waals surface area contributed by atoms with Crippen LogP contribution in [-0.4, -0.2) is 25.3 Å². The summed E-state index contributed by atoms with van der Waals surface area (Å²) < 4.78 is 10.1. The van der Waals surface area contributed by atoms with E-state index in [9.17, 15) is 0 Å². The number of pyridine rings is 1. The van der Waals surface area contributed by atoms with Crippen molar-refractivity contribution in [1.82, 2.24) is 4.98 Å². The molecule has 1 rings (SSSR count). The molecule has 0 bridgehead atoms. The number of methoxy groups -OCH3 is 1. The van der Waals surface area contributed by atoms with Gasteiger partial charge < -0.3 is 9.47 Å². The van der Waals surface area contributed by atoms with Crippen molar-refractivity contribution in [2.24, 2.45) is 0 Å². The zero-order chi connectivity index (χ0) is 10.4. The zero-order valence-corrected chi connectivity index (χ0v) is 8.28. The first-order chi connectivity index (χ1) is 6.76. The minimum atomic E-state index is 0.442. The van der Waals surface area contributed by atoms with E-state index in [-0.39, 0.29) is 0 Å². The second kappa shape index (κ2) is 5.20. The van der Waals surface area contributed by atoms with E-state index in [1.54, 1.807) is 19.2 Å². The number of hydrogen-bond donors (Lipinski definition) is 0. The Morgan fingerprint density at radius 1 is 1.43 bits per heavy atom. The monoisotopic (exact) mass is 192 g/mol. The molecule has 0 spiro atoms. The van der Waals surface area contributed by atoms with Gasteiger partial charge in [0.05, 0.1) is 18.2 Å². The molecule has 0 amide bonds. The molecule has 1 aromatic heterocycles. The first kappa shape index (κ1) is 10.5. The molecule has 0 saturated heterocycles. The molecular weight excluding hydrogens is 180 g/mol. The fraction of sp³-hybridized carbons (Fsp3) is 0.400. The molecule has 74 valence electrons. The SMILES string of the molecule is COCCOc1cc(C#N)cc(C)n1. The number of ether oxygens (including phenoxy) is 2. The summed E-state index contributed by atoms with van der Waals surface area (Å²) in [7, 11) is 1.60. The third-order valence-corrected chi connectivity index (χ3v) is 1.60. The van der Waals surface area contributed by atoms with Crippen LogP contribution in [0.25, 0.3) is 0 Å². The van der Waals surface area contributed by atoms with Gasteiger partial charge in [-0.05, 0) is 13.0 Å². The van der Waals surface area contributed by atoms with E-state index in [2.05, 4.69) is 4.98 Å². The summed E-state index contributed by atoms with van der Waals surface area (Å²) in [5.41, 5.74) is 1.33. The molecule has 4 heteroatoms. The van der Waals surface area contributed by atoms with Gasteiger partial charge in [-0.2, -0.15) is 5.26 Å². The normalized spacial score (nSPS) is 9.50. The fourth-order valence-electron chi connectivity index (χ4n) is 1.01. The first-order valence-corrected chi connectivity index (χ1v) is 4.27. The predicted octanol–water partition coefficient (Wildman–Crippen LogP) is 1.29. The molecule has 0 aromatic carbocycles. The van der Waals surface area contributed by atoms with E-state index in [1.165, 1.54) is 0 Å². The van der Waals surface area contributed by atoms with Crippen molar-refractivity contribution in [3.8, 4) is 11.9 Å². The van der Waals surface area contributed by atoms with Crippen LogP contribution >= 0.6 is 0 Å². The van der Waals surface area contributed by atoms with Crippen molar-refractivity contribution in [3.05, 3.63) is 23.4 Å². The third-order valence-electron chi connectivity index (χ3n) is 1.60. The van der Waals surface area contributed by atoms with Crippen molar-refractivity contribution in [2.45, 2.75) is 6.92 Å². The molecule has 0 fully saturated rings. The Balaban J connectivity index is 2.68. The summed E-state index contributed by atoms with van der Waals surface area (Å²) in [6, 6.07) is 5.37. The molecule has 0 aliphatic heterocycles. The zero-order valence-electron chi connectivity index (χ0n) is 8.28. The van der Waals surface area contributed by atoms with E-state index >= 15 is 0 Å². The number of aromatic nitrogens is 1. The van der Waals surface area contributed by atoms with E-state index in [1.807, 2.05) is 13.0 Å². The van der Waals surface area contributed by atoms with Crippen LogP contribution < -0.4 is 4.74 Å². The molecule has 0 saturated carbocycles. The molecule has 1 aromatic rings. The summed E-state index contributed by atoms with van der Waals surface area (Å²) in [5.74, 6) is 0.471. The molecule has 0 aliphatic rings. The van der Waals surface area contributed by atoms with Crippen molar-refractivity contribution in [2.75, 3.05) is 20.3 Å². The summed E-state index contributed by atoms with van der Waals surface area (Å²) in [4.78, 5) is 4.12. The lowest BCUT2D eigenvalue weighted by atomic mass is 10.2. The topological polar surface area (TPSA) is 55.1 Å². The Bertz CT molecular complexity index is 344. The van der Waals surface area contributed by atoms with Gasteiger partial charge in [0.2, 0.25) is 5.88 Å². The maximum atomic E-state index is 8.70. The Labute approximate surface area is 83.1 Å². The van der Waals surface area contributed by atoms with Crippen LogP contribution in [0.4, 0.5) is 0 Å². The van der Waals surface area contributed by atoms with Gasteiger partial charge >= 0.3 is 0 Å². The highest BCUT2D eigenvalue weighted by Gasteiger charge is 2.00. The largest absolute Gasteiger partial charge is 0.475 e. The van der Waals surface area contributed by atoms with E-state index in [0.717, 1.165) is 5.69 Å². The van der Waals surface area contributed by atoms with Crippen LogP contribution in [0.2, 0.25) is 0 Å². The Hall–Kier alpha value is -1.60. The van der Waals surface area contributed by atoms with Gasteiger partial charge in [-0.1, -0.05) is 0 Å². The van der Waals surface area contributed by atoms with Crippen LogP contribution in [0.15, 0.2) is 12.1 Å². The summed E-state index contributed by atoms with van der Waals surface area (Å²) in [6.07, 6.45) is 0. The fourth-order valence-corrected chi connectivity index (χ4v) is 1.01.